The van der Waals surface area contributed by atoms with E-state index in [0.29, 0.717) is 6.54 Å². The van der Waals surface area contributed by atoms with Crippen LogP contribution in [0.4, 0.5) is 0 Å². The zero-order chi connectivity index (χ0) is 18.8. The monoisotopic (exact) mass is 363 g/mol. The van der Waals surface area contributed by atoms with E-state index in [9.17, 15) is 0 Å². The molecular weight excluding hydrogens is 338 g/mol. The molecule has 0 bridgehead atoms. The largest absolute Gasteiger partial charge is 0.390 e. The Morgan fingerprint density at radius 3 is 2.63 bits per heavy atom. The highest BCUT2D eigenvalue weighted by Crippen LogP contribution is 2.33. The van der Waals surface area contributed by atoms with Crippen molar-refractivity contribution in [3.05, 3.63) is 48.2 Å². The molecule has 6 nitrogen and oxygen atoms in total. The van der Waals surface area contributed by atoms with Gasteiger partial charge >= 0.3 is 0 Å². The number of rotatable bonds is 6. The molecule has 0 amide bonds. The molecule has 0 radical (unpaired) electrons. The minimum atomic E-state index is 0.0430. The highest BCUT2D eigenvalue weighted by atomic mass is 16.6. The number of benzene rings is 1. The fraction of sp³-hybridized carbons (Fsp3) is 0.381. The quantitative estimate of drug-likeness (QED) is 0.707. The lowest BCUT2D eigenvalue weighted by Crippen LogP contribution is -2.17. The Morgan fingerprint density at radius 2 is 1.96 bits per heavy atom. The first-order valence-electron chi connectivity index (χ1n) is 9.57. The van der Waals surface area contributed by atoms with Crippen LogP contribution in [0.5, 0.6) is 0 Å². The molecule has 2 aromatic heterocycles. The van der Waals surface area contributed by atoms with Gasteiger partial charge in [0.25, 0.3) is 0 Å². The third-order valence-electron chi connectivity index (χ3n) is 4.98. The molecule has 0 fully saturated rings. The second-order valence-corrected chi connectivity index (χ2v) is 6.91. The predicted molar refractivity (Wildman–Crippen MR) is 107 cm³/mol. The van der Waals surface area contributed by atoms with Gasteiger partial charge in [0.1, 0.15) is 11.5 Å². The number of aromatic nitrogens is 4. The summed E-state index contributed by atoms with van der Waals surface area (Å²) in [7, 11) is 0. The van der Waals surface area contributed by atoms with Crippen LogP contribution in [0.2, 0.25) is 0 Å². The van der Waals surface area contributed by atoms with Crippen molar-refractivity contribution < 1.29 is 4.84 Å². The maximum atomic E-state index is 5.63. The Morgan fingerprint density at radius 1 is 1.15 bits per heavy atom. The van der Waals surface area contributed by atoms with Crippen molar-refractivity contribution in [2.24, 2.45) is 5.16 Å². The summed E-state index contributed by atoms with van der Waals surface area (Å²) < 4.78 is 2.16. The zero-order valence-corrected chi connectivity index (χ0v) is 16.1. The summed E-state index contributed by atoms with van der Waals surface area (Å²) in [6.45, 7) is 6.99. The van der Waals surface area contributed by atoms with Gasteiger partial charge in [0.15, 0.2) is 6.10 Å². The predicted octanol–water partition coefficient (Wildman–Crippen LogP) is 4.37. The van der Waals surface area contributed by atoms with E-state index in [4.69, 9.17) is 14.8 Å². The third-order valence-corrected chi connectivity index (χ3v) is 4.98. The van der Waals surface area contributed by atoms with E-state index >= 15 is 0 Å². The Hall–Kier alpha value is -2.89. The second-order valence-electron chi connectivity index (χ2n) is 6.91. The van der Waals surface area contributed by atoms with Crippen LogP contribution < -0.4 is 0 Å². The van der Waals surface area contributed by atoms with Gasteiger partial charge in [-0.3, -0.25) is 0 Å². The maximum Gasteiger partial charge on any atom is 0.150 e. The fourth-order valence-corrected chi connectivity index (χ4v) is 3.51. The van der Waals surface area contributed by atoms with Crippen LogP contribution in [0.15, 0.2) is 41.8 Å². The average molecular weight is 363 g/mol. The molecule has 1 aliphatic heterocycles. The second kappa shape index (κ2) is 7.39. The number of nitrogens with one attached hydrogen (secondary N) is 1. The van der Waals surface area contributed by atoms with Crippen LogP contribution in [-0.4, -0.2) is 31.3 Å². The van der Waals surface area contributed by atoms with E-state index in [-0.39, 0.29) is 6.10 Å². The standard InChI is InChI=1S/C21H25N5O/c1-4-16-11-17(27-25-16)12-26-13-22-20(15-9-7-6-8-10-15)21(26)19-14(3)23-18(5-2)24-19/h6-10,13,17H,4-5,11-12H2,1-3H3,(H,23,24)/t17-/m0/s1. The molecule has 0 unspecified atom stereocenters. The van der Waals surface area contributed by atoms with Crippen molar-refractivity contribution in [3.63, 3.8) is 0 Å². The third kappa shape index (κ3) is 3.39. The van der Waals surface area contributed by atoms with E-state index in [1.165, 1.54) is 0 Å². The van der Waals surface area contributed by atoms with Gasteiger partial charge in [0.2, 0.25) is 0 Å². The molecule has 3 aromatic rings. The molecule has 1 aromatic carbocycles. The van der Waals surface area contributed by atoms with E-state index < -0.39 is 0 Å². The highest BCUT2D eigenvalue weighted by Gasteiger charge is 2.25. The van der Waals surface area contributed by atoms with Gasteiger partial charge in [0, 0.05) is 24.1 Å². The number of imidazole rings is 2. The van der Waals surface area contributed by atoms with Gasteiger partial charge in [-0.25, -0.2) is 9.97 Å². The molecule has 140 valence electrons. The number of hydrogen-bond donors (Lipinski definition) is 1. The van der Waals surface area contributed by atoms with Crippen LogP contribution in [0, 0.1) is 6.92 Å². The van der Waals surface area contributed by atoms with Gasteiger partial charge in [-0.2, -0.15) is 0 Å². The lowest BCUT2D eigenvalue weighted by Gasteiger charge is -2.13. The summed E-state index contributed by atoms with van der Waals surface area (Å²) in [6.07, 6.45) is 4.61. The van der Waals surface area contributed by atoms with Gasteiger partial charge in [0.05, 0.1) is 30.0 Å². The SMILES string of the molecule is CCC1=NO[C@H](Cn2cnc(-c3ccccc3)c2-c2nc(CC)[nH]c2C)C1. The normalized spacial score (nSPS) is 16.4. The van der Waals surface area contributed by atoms with Crippen molar-refractivity contribution in [3.8, 4) is 22.6 Å². The number of H-pyrrole nitrogens is 1. The summed E-state index contributed by atoms with van der Waals surface area (Å²) in [4.78, 5) is 18.6. The number of aromatic amines is 1. The minimum Gasteiger partial charge on any atom is -0.390 e. The maximum absolute atomic E-state index is 5.63. The molecule has 0 saturated heterocycles. The smallest absolute Gasteiger partial charge is 0.150 e. The van der Waals surface area contributed by atoms with E-state index in [0.717, 1.165) is 59.1 Å². The molecule has 1 aliphatic rings. The molecule has 0 spiro atoms. The average Bonchev–Trinajstić information content (AvgIpc) is 3.41. The van der Waals surface area contributed by atoms with Crippen molar-refractivity contribution >= 4 is 5.71 Å². The van der Waals surface area contributed by atoms with Crippen LogP contribution in [0.25, 0.3) is 22.6 Å². The topological polar surface area (TPSA) is 68.1 Å². The molecule has 0 saturated carbocycles. The van der Waals surface area contributed by atoms with Gasteiger partial charge < -0.3 is 14.4 Å². The molecular formula is C21H25N5O. The van der Waals surface area contributed by atoms with E-state index in [2.05, 4.69) is 47.6 Å². The van der Waals surface area contributed by atoms with Gasteiger partial charge in [-0.05, 0) is 13.3 Å². The molecule has 0 aliphatic carbocycles. The Balaban J connectivity index is 1.75. The summed E-state index contributed by atoms with van der Waals surface area (Å²) in [5.74, 6) is 0.989. The van der Waals surface area contributed by atoms with Crippen LogP contribution in [-0.2, 0) is 17.8 Å². The van der Waals surface area contributed by atoms with Crippen molar-refractivity contribution in [1.29, 1.82) is 0 Å². The van der Waals surface area contributed by atoms with Crippen molar-refractivity contribution in [2.45, 2.75) is 52.7 Å². The molecule has 6 heteroatoms. The number of nitrogens with zero attached hydrogens (tertiary/aromatic N) is 4. The van der Waals surface area contributed by atoms with E-state index in [1.807, 2.05) is 24.5 Å². The lowest BCUT2D eigenvalue weighted by atomic mass is 10.1. The van der Waals surface area contributed by atoms with E-state index in [1.54, 1.807) is 0 Å². The first-order chi connectivity index (χ1) is 13.2. The summed E-state index contributed by atoms with van der Waals surface area (Å²) in [5, 5.41) is 4.20. The molecule has 3 heterocycles. The summed E-state index contributed by atoms with van der Waals surface area (Å²) in [6, 6.07) is 10.3. The summed E-state index contributed by atoms with van der Waals surface area (Å²) in [5.41, 5.74) is 6.20. The lowest BCUT2D eigenvalue weighted by molar-refractivity contribution is 0.0728. The van der Waals surface area contributed by atoms with Crippen LogP contribution >= 0.6 is 0 Å². The highest BCUT2D eigenvalue weighted by molar-refractivity contribution is 5.85. The number of aryl methyl sites for hydroxylation is 2. The fourth-order valence-electron chi connectivity index (χ4n) is 3.51. The first kappa shape index (κ1) is 17.5. The zero-order valence-electron chi connectivity index (χ0n) is 16.1. The molecule has 1 atom stereocenters. The minimum absolute atomic E-state index is 0.0430. The van der Waals surface area contributed by atoms with Gasteiger partial charge in [-0.15, -0.1) is 0 Å². The Kier molecular flexibility index (Phi) is 4.79. The number of hydrogen-bond acceptors (Lipinski definition) is 4. The Labute approximate surface area is 159 Å². The van der Waals surface area contributed by atoms with Crippen LogP contribution in [0.1, 0.15) is 38.2 Å². The molecule has 27 heavy (non-hydrogen) atoms. The van der Waals surface area contributed by atoms with Crippen LogP contribution in [0.3, 0.4) is 0 Å². The number of oxime groups is 1. The molecule has 4 rings (SSSR count). The Bertz CT molecular complexity index is 954. The first-order valence-corrected chi connectivity index (χ1v) is 9.57. The summed E-state index contributed by atoms with van der Waals surface area (Å²) >= 11 is 0. The molecule has 1 N–H and O–H groups in total. The van der Waals surface area contributed by atoms with Gasteiger partial charge in [-0.1, -0.05) is 49.3 Å². The van der Waals surface area contributed by atoms with Crippen molar-refractivity contribution in [2.75, 3.05) is 0 Å². The van der Waals surface area contributed by atoms with Crippen molar-refractivity contribution in [1.82, 2.24) is 19.5 Å².